The third kappa shape index (κ3) is 6.00. The molecule has 5 heteroatoms. The Labute approximate surface area is 103 Å². The molecule has 0 aromatic carbocycles. The highest BCUT2D eigenvalue weighted by atomic mass is 16.3. The summed E-state index contributed by atoms with van der Waals surface area (Å²) in [6.45, 7) is 4.94. The van der Waals surface area contributed by atoms with Crippen molar-refractivity contribution in [3.8, 4) is 0 Å². The molecule has 1 aliphatic heterocycles. The SMILES string of the molecule is CC1(O)CCCN(CCCCC(=O)NN)CC1. The van der Waals surface area contributed by atoms with Crippen LogP contribution in [-0.4, -0.2) is 41.1 Å². The van der Waals surface area contributed by atoms with E-state index in [4.69, 9.17) is 5.84 Å². The maximum Gasteiger partial charge on any atom is 0.233 e. The van der Waals surface area contributed by atoms with Gasteiger partial charge in [0.1, 0.15) is 0 Å². The lowest BCUT2D eigenvalue weighted by atomic mass is 9.98. The van der Waals surface area contributed by atoms with E-state index in [-0.39, 0.29) is 5.91 Å². The van der Waals surface area contributed by atoms with Crippen LogP contribution in [0, 0.1) is 0 Å². The molecule has 17 heavy (non-hydrogen) atoms. The fourth-order valence-electron chi connectivity index (χ4n) is 2.24. The van der Waals surface area contributed by atoms with Crippen LogP contribution in [0.4, 0.5) is 0 Å². The van der Waals surface area contributed by atoms with Gasteiger partial charge in [-0.15, -0.1) is 0 Å². The van der Waals surface area contributed by atoms with Gasteiger partial charge in [0, 0.05) is 13.0 Å². The average Bonchev–Trinajstić information content (AvgIpc) is 2.46. The molecule has 1 rings (SSSR count). The highest BCUT2D eigenvalue weighted by Crippen LogP contribution is 2.21. The van der Waals surface area contributed by atoms with E-state index in [1.165, 1.54) is 0 Å². The zero-order chi connectivity index (χ0) is 12.7. The van der Waals surface area contributed by atoms with Crippen molar-refractivity contribution in [2.24, 2.45) is 5.84 Å². The number of nitrogens with zero attached hydrogens (tertiary/aromatic N) is 1. The van der Waals surface area contributed by atoms with Gasteiger partial charge in [-0.3, -0.25) is 10.2 Å². The van der Waals surface area contributed by atoms with E-state index in [0.29, 0.717) is 6.42 Å². The quantitative estimate of drug-likeness (QED) is 0.282. The molecule has 1 unspecified atom stereocenters. The molecule has 0 spiro atoms. The third-order valence-corrected chi connectivity index (χ3v) is 3.45. The third-order valence-electron chi connectivity index (χ3n) is 3.45. The van der Waals surface area contributed by atoms with Crippen molar-refractivity contribution in [2.45, 2.75) is 51.0 Å². The van der Waals surface area contributed by atoms with Crippen molar-refractivity contribution in [2.75, 3.05) is 19.6 Å². The predicted molar refractivity (Wildman–Crippen MR) is 67.1 cm³/mol. The molecule has 4 N–H and O–H groups in total. The van der Waals surface area contributed by atoms with Crippen LogP contribution in [0.1, 0.15) is 45.4 Å². The second-order valence-corrected chi connectivity index (χ2v) is 5.22. The van der Waals surface area contributed by atoms with Crippen molar-refractivity contribution < 1.29 is 9.90 Å². The van der Waals surface area contributed by atoms with Gasteiger partial charge in [0.2, 0.25) is 5.91 Å². The van der Waals surface area contributed by atoms with Crippen LogP contribution in [0.15, 0.2) is 0 Å². The Morgan fingerprint density at radius 1 is 1.41 bits per heavy atom. The zero-order valence-corrected chi connectivity index (χ0v) is 10.7. The van der Waals surface area contributed by atoms with E-state index in [2.05, 4.69) is 10.3 Å². The number of unbranched alkanes of at least 4 members (excludes halogenated alkanes) is 1. The molecule has 1 amide bonds. The first-order valence-electron chi connectivity index (χ1n) is 6.48. The lowest BCUT2D eigenvalue weighted by molar-refractivity contribution is -0.121. The first-order valence-corrected chi connectivity index (χ1v) is 6.48. The molecule has 1 fully saturated rings. The number of hydrogen-bond acceptors (Lipinski definition) is 4. The van der Waals surface area contributed by atoms with Gasteiger partial charge < -0.3 is 10.0 Å². The molecular formula is C12H25N3O2. The van der Waals surface area contributed by atoms with Gasteiger partial charge in [-0.1, -0.05) is 0 Å². The number of nitrogens with one attached hydrogen (secondary N) is 1. The van der Waals surface area contributed by atoms with E-state index < -0.39 is 5.60 Å². The normalized spacial score (nSPS) is 26.5. The lowest BCUT2D eigenvalue weighted by Crippen LogP contribution is -2.30. The Bertz CT molecular complexity index is 244. The minimum absolute atomic E-state index is 0.0937. The van der Waals surface area contributed by atoms with Crippen LogP contribution < -0.4 is 11.3 Å². The Kier molecular flexibility index (Phi) is 5.88. The number of nitrogens with two attached hydrogens (primary N) is 1. The highest BCUT2D eigenvalue weighted by Gasteiger charge is 2.24. The van der Waals surface area contributed by atoms with Crippen molar-refractivity contribution in [1.29, 1.82) is 0 Å². The second-order valence-electron chi connectivity index (χ2n) is 5.22. The van der Waals surface area contributed by atoms with Gasteiger partial charge in [-0.2, -0.15) is 0 Å². The fraction of sp³-hybridized carbons (Fsp3) is 0.917. The molecule has 100 valence electrons. The Morgan fingerprint density at radius 3 is 2.88 bits per heavy atom. The molecule has 0 radical (unpaired) electrons. The molecule has 0 aromatic rings. The number of carbonyl (C=O) groups excluding carboxylic acids is 1. The topological polar surface area (TPSA) is 78.6 Å². The van der Waals surface area contributed by atoms with E-state index >= 15 is 0 Å². The molecule has 1 atom stereocenters. The van der Waals surface area contributed by atoms with Crippen molar-refractivity contribution >= 4 is 5.91 Å². The lowest BCUT2D eigenvalue weighted by Gasteiger charge is -2.22. The smallest absolute Gasteiger partial charge is 0.233 e. The molecule has 1 aliphatic rings. The monoisotopic (exact) mass is 243 g/mol. The van der Waals surface area contributed by atoms with E-state index in [0.717, 1.165) is 51.7 Å². The summed E-state index contributed by atoms with van der Waals surface area (Å²) in [5.74, 6) is 4.92. The Morgan fingerprint density at radius 2 is 2.18 bits per heavy atom. The van der Waals surface area contributed by atoms with Crippen LogP contribution in [0.25, 0.3) is 0 Å². The second kappa shape index (κ2) is 6.93. The van der Waals surface area contributed by atoms with Crippen molar-refractivity contribution in [3.63, 3.8) is 0 Å². The van der Waals surface area contributed by atoms with Gasteiger partial charge in [0.05, 0.1) is 5.60 Å². The number of rotatable bonds is 5. The number of hydrazine groups is 1. The number of amides is 1. The van der Waals surface area contributed by atoms with Crippen molar-refractivity contribution in [3.05, 3.63) is 0 Å². The van der Waals surface area contributed by atoms with E-state index in [9.17, 15) is 9.90 Å². The molecule has 0 aromatic heterocycles. The van der Waals surface area contributed by atoms with Crippen LogP contribution in [0.2, 0.25) is 0 Å². The maximum atomic E-state index is 10.9. The van der Waals surface area contributed by atoms with Gasteiger partial charge in [0.25, 0.3) is 0 Å². The largest absolute Gasteiger partial charge is 0.390 e. The van der Waals surface area contributed by atoms with Gasteiger partial charge in [0.15, 0.2) is 0 Å². The highest BCUT2D eigenvalue weighted by molar-refractivity contribution is 5.75. The predicted octanol–water partition coefficient (Wildman–Crippen LogP) is 0.384. The molecule has 5 nitrogen and oxygen atoms in total. The number of likely N-dealkylation sites (tertiary alicyclic amines) is 1. The van der Waals surface area contributed by atoms with Gasteiger partial charge >= 0.3 is 0 Å². The van der Waals surface area contributed by atoms with Crippen LogP contribution in [-0.2, 0) is 4.79 Å². The summed E-state index contributed by atoms with van der Waals surface area (Å²) in [4.78, 5) is 13.3. The molecule has 0 bridgehead atoms. The minimum Gasteiger partial charge on any atom is -0.390 e. The molecule has 0 aliphatic carbocycles. The fourth-order valence-corrected chi connectivity index (χ4v) is 2.24. The zero-order valence-electron chi connectivity index (χ0n) is 10.7. The number of aliphatic hydroxyl groups is 1. The minimum atomic E-state index is -0.492. The maximum absolute atomic E-state index is 10.9. The van der Waals surface area contributed by atoms with Crippen molar-refractivity contribution in [1.82, 2.24) is 10.3 Å². The molecule has 1 saturated heterocycles. The Balaban J connectivity index is 2.13. The summed E-state index contributed by atoms with van der Waals surface area (Å²) < 4.78 is 0. The Hall–Kier alpha value is -0.650. The summed E-state index contributed by atoms with van der Waals surface area (Å²) in [5.41, 5.74) is 1.65. The summed E-state index contributed by atoms with van der Waals surface area (Å²) in [5, 5.41) is 9.96. The molecule has 1 heterocycles. The standard InChI is InChI=1S/C12H25N3O2/c1-12(17)6-4-9-15(10-7-12)8-3-2-5-11(16)14-13/h17H,2-10,13H2,1H3,(H,14,16). The summed E-state index contributed by atoms with van der Waals surface area (Å²) in [6, 6.07) is 0. The van der Waals surface area contributed by atoms with Crippen LogP contribution in [0.3, 0.4) is 0 Å². The summed E-state index contributed by atoms with van der Waals surface area (Å²) in [6.07, 6.45) is 5.17. The van der Waals surface area contributed by atoms with Crippen LogP contribution >= 0.6 is 0 Å². The van der Waals surface area contributed by atoms with Gasteiger partial charge in [-0.25, -0.2) is 5.84 Å². The first kappa shape index (κ1) is 14.4. The van der Waals surface area contributed by atoms with E-state index in [1.807, 2.05) is 6.92 Å². The van der Waals surface area contributed by atoms with Gasteiger partial charge in [-0.05, 0) is 52.1 Å². The van der Waals surface area contributed by atoms with E-state index in [1.54, 1.807) is 0 Å². The molecule has 0 saturated carbocycles. The summed E-state index contributed by atoms with van der Waals surface area (Å²) in [7, 11) is 0. The molecular weight excluding hydrogens is 218 g/mol. The first-order chi connectivity index (χ1) is 8.03. The number of hydrogen-bond donors (Lipinski definition) is 3. The average molecular weight is 243 g/mol. The van der Waals surface area contributed by atoms with Crippen LogP contribution in [0.5, 0.6) is 0 Å². The number of carbonyl (C=O) groups is 1. The summed E-state index contributed by atoms with van der Waals surface area (Å²) >= 11 is 0.